The Hall–Kier alpha value is -4.18. The molecule has 0 aliphatic heterocycles. The highest BCUT2D eigenvalue weighted by Crippen LogP contribution is 2.17. The van der Waals surface area contributed by atoms with E-state index >= 15 is 0 Å². The van der Waals surface area contributed by atoms with Crippen LogP contribution < -0.4 is 10.6 Å². The molecule has 0 saturated heterocycles. The second kappa shape index (κ2) is 9.96. The van der Waals surface area contributed by atoms with Gasteiger partial charge in [-0.1, -0.05) is 59.7 Å². The SMILES string of the molecule is Cc1ccc(C(=O)Nc2ccc(Cc3ccc(NC(=O)c4ccc(C)cc4)cc3)cc2)cc1. The Labute approximate surface area is 194 Å². The lowest BCUT2D eigenvalue weighted by molar-refractivity contribution is 0.101. The average molecular weight is 435 g/mol. The van der Waals surface area contributed by atoms with Gasteiger partial charge in [-0.2, -0.15) is 0 Å². The van der Waals surface area contributed by atoms with Gasteiger partial charge in [0.1, 0.15) is 0 Å². The highest BCUT2D eigenvalue weighted by atomic mass is 16.2. The molecule has 4 rings (SSSR count). The molecule has 0 spiro atoms. The van der Waals surface area contributed by atoms with Gasteiger partial charge in [0.15, 0.2) is 0 Å². The van der Waals surface area contributed by atoms with Crippen molar-refractivity contribution in [2.45, 2.75) is 20.3 Å². The molecule has 2 N–H and O–H groups in total. The molecule has 0 bridgehead atoms. The number of benzene rings is 4. The van der Waals surface area contributed by atoms with E-state index in [1.807, 2.05) is 111 Å². The van der Waals surface area contributed by atoms with Crippen LogP contribution in [0.2, 0.25) is 0 Å². The molecule has 4 aromatic rings. The molecule has 33 heavy (non-hydrogen) atoms. The van der Waals surface area contributed by atoms with E-state index in [9.17, 15) is 9.59 Å². The van der Waals surface area contributed by atoms with Crippen molar-refractivity contribution in [2.24, 2.45) is 0 Å². The van der Waals surface area contributed by atoms with E-state index in [0.717, 1.165) is 40.0 Å². The lowest BCUT2D eigenvalue weighted by Gasteiger charge is -2.09. The first-order valence-corrected chi connectivity index (χ1v) is 10.9. The van der Waals surface area contributed by atoms with Crippen LogP contribution in [0, 0.1) is 13.8 Å². The van der Waals surface area contributed by atoms with E-state index in [1.165, 1.54) is 0 Å². The molecule has 0 fully saturated rings. The number of carbonyl (C=O) groups excluding carboxylic acids is 2. The minimum atomic E-state index is -0.119. The van der Waals surface area contributed by atoms with Crippen molar-refractivity contribution in [1.82, 2.24) is 0 Å². The van der Waals surface area contributed by atoms with Gasteiger partial charge in [-0.25, -0.2) is 0 Å². The zero-order valence-corrected chi connectivity index (χ0v) is 18.8. The van der Waals surface area contributed by atoms with Crippen LogP contribution in [0.25, 0.3) is 0 Å². The van der Waals surface area contributed by atoms with Gasteiger partial charge in [0.05, 0.1) is 0 Å². The zero-order valence-electron chi connectivity index (χ0n) is 18.8. The van der Waals surface area contributed by atoms with Crippen molar-refractivity contribution in [2.75, 3.05) is 10.6 Å². The van der Waals surface area contributed by atoms with Crippen LogP contribution in [0.5, 0.6) is 0 Å². The molecule has 0 aliphatic rings. The molecular weight excluding hydrogens is 408 g/mol. The molecule has 164 valence electrons. The summed E-state index contributed by atoms with van der Waals surface area (Å²) in [7, 11) is 0. The summed E-state index contributed by atoms with van der Waals surface area (Å²) in [6.07, 6.45) is 0.762. The van der Waals surface area contributed by atoms with Crippen molar-refractivity contribution in [3.05, 3.63) is 130 Å². The maximum absolute atomic E-state index is 12.4. The highest BCUT2D eigenvalue weighted by molar-refractivity contribution is 6.04. The summed E-state index contributed by atoms with van der Waals surface area (Å²) in [5.74, 6) is -0.239. The predicted octanol–water partition coefficient (Wildman–Crippen LogP) is 6.40. The molecule has 0 radical (unpaired) electrons. The van der Waals surface area contributed by atoms with Crippen LogP contribution in [0.15, 0.2) is 97.1 Å². The van der Waals surface area contributed by atoms with E-state index in [2.05, 4.69) is 10.6 Å². The number of amides is 2. The summed E-state index contributed by atoms with van der Waals surface area (Å²) in [4.78, 5) is 24.7. The first kappa shape index (κ1) is 22.0. The first-order valence-electron chi connectivity index (χ1n) is 10.9. The fourth-order valence-electron chi connectivity index (χ4n) is 3.46. The minimum absolute atomic E-state index is 0.119. The van der Waals surface area contributed by atoms with Gasteiger partial charge in [-0.3, -0.25) is 9.59 Å². The van der Waals surface area contributed by atoms with E-state index in [4.69, 9.17) is 0 Å². The Bertz CT molecular complexity index is 1140. The maximum atomic E-state index is 12.4. The zero-order chi connectivity index (χ0) is 23.2. The standard InChI is InChI=1S/C29H26N2O2/c1-20-3-11-24(12-4-20)28(32)30-26-15-7-22(8-16-26)19-23-9-17-27(18-10-23)31-29(33)25-13-5-21(2)6-14-25/h3-18H,19H2,1-2H3,(H,30,32)(H,31,33). The normalized spacial score (nSPS) is 10.5. The third-order valence-corrected chi connectivity index (χ3v) is 5.46. The summed E-state index contributed by atoms with van der Waals surface area (Å²) in [6.45, 7) is 3.99. The van der Waals surface area contributed by atoms with E-state index in [-0.39, 0.29) is 11.8 Å². The Kier molecular flexibility index (Phi) is 6.65. The van der Waals surface area contributed by atoms with Crippen LogP contribution >= 0.6 is 0 Å². The summed E-state index contributed by atoms with van der Waals surface area (Å²) >= 11 is 0. The second-order valence-electron chi connectivity index (χ2n) is 8.21. The van der Waals surface area contributed by atoms with Crippen LogP contribution in [-0.4, -0.2) is 11.8 Å². The van der Waals surface area contributed by atoms with Crippen molar-refractivity contribution < 1.29 is 9.59 Å². The molecular formula is C29H26N2O2. The summed E-state index contributed by atoms with van der Waals surface area (Å²) in [6, 6.07) is 30.7. The van der Waals surface area contributed by atoms with Crippen molar-refractivity contribution in [1.29, 1.82) is 0 Å². The highest BCUT2D eigenvalue weighted by Gasteiger charge is 2.07. The van der Waals surface area contributed by atoms with Gasteiger partial charge in [0.25, 0.3) is 11.8 Å². The molecule has 0 atom stereocenters. The summed E-state index contributed by atoms with van der Waals surface area (Å²) in [5.41, 5.74) is 7.32. The maximum Gasteiger partial charge on any atom is 0.255 e. The summed E-state index contributed by atoms with van der Waals surface area (Å²) < 4.78 is 0. The van der Waals surface area contributed by atoms with E-state index in [1.54, 1.807) is 0 Å². The van der Waals surface area contributed by atoms with Crippen LogP contribution in [-0.2, 0) is 6.42 Å². The molecule has 4 nitrogen and oxygen atoms in total. The molecule has 4 aromatic carbocycles. The van der Waals surface area contributed by atoms with Crippen LogP contribution in [0.3, 0.4) is 0 Å². The van der Waals surface area contributed by atoms with Crippen LogP contribution in [0.4, 0.5) is 11.4 Å². The predicted molar refractivity (Wildman–Crippen MR) is 134 cm³/mol. The number of hydrogen-bond acceptors (Lipinski definition) is 2. The Balaban J connectivity index is 1.33. The Morgan fingerprint density at radius 1 is 0.515 bits per heavy atom. The fourth-order valence-corrected chi connectivity index (χ4v) is 3.46. The smallest absolute Gasteiger partial charge is 0.255 e. The van der Waals surface area contributed by atoms with Crippen molar-refractivity contribution >= 4 is 23.2 Å². The van der Waals surface area contributed by atoms with E-state index < -0.39 is 0 Å². The molecule has 0 aromatic heterocycles. The molecule has 0 saturated carbocycles. The Morgan fingerprint density at radius 3 is 1.18 bits per heavy atom. The number of anilines is 2. The minimum Gasteiger partial charge on any atom is -0.322 e. The quantitative estimate of drug-likeness (QED) is 0.369. The fraction of sp³-hybridized carbons (Fsp3) is 0.103. The average Bonchev–Trinajstić information content (AvgIpc) is 2.82. The van der Waals surface area contributed by atoms with Gasteiger partial charge in [0.2, 0.25) is 0 Å². The lowest BCUT2D eigenvalue weighted by Crippen LogP contribution is -2.11. The number of nitrogens with one attached hydrogen (secondary N) is 2. The largest absolute Gasteiger partial charge is 0.322 e. The number of hydrogen-bond donors (Lipinski definition) is 2. The van der Waals surface area contributed by atoms with Gasteiger partial charge in [0, 0.05) is 22.5 Å². The number of carbonyl (C=O) groups is 2. The molecule has 0 unspecified atom stereocenters. The third kappa shape index (κ3) is 5.95. The van der Waals surface area contributed by atoms with Gasteiger partial charge in [-0.05, 0) is 79.9 Å². The Morgan fingerprint density at radius 2 is 0.848 bits per heavy atom. The topological polar surface area (TPSA) is 58.2 Å². The van der Waals surface area contributed by atoms with Gasteiger partial charge in [-0.15, -0.1) is 0 Å². The summed E-state index contributed by atoms with van der Waals surface area (Å²) in [5, 5.41) is 5.86. The molecule has 0 aliphatic carbocycles. The van der Waals surface area contributed by atoms with Crippen molar-refractivity contribution in [3.8, 4) is 0 Å². The molecule has 0 heterocycles. The van der Waals surface area contributed by atoms with Crippen LogP contribution in [0.1, 0.15) is 43.0 Å². The number of rotatable bonds is 6. The lowest BCUT2D eigenvalue weighted by atomic mass is 10.0. The molecule has 4 heteroatoms. The monoisotopic (exact) mass is 434 g/mol. The van der Waals surface area contributed by atoms with Gasteiger partial charge >= 0.3 is 0 Å². The van der Waals surface area contributed by atoms with Gasteiger partial charge < -0.3 is 10.6 Å². The third-order valence-electron chi connectivity index (χ3n) is 5.46. The van der Waals surface area contributed by atoms with E-state index in [0.29, 0.717) is 11.1 Å². The van der Waals surface area contributed by atoms with Crippen molar-refractivity contribution in [3.63, 3.8) is 0 Å². The second-order valence-corrected chi connectivity index (χ2v) is 8.21. The number of aryl methyl sites for hydroxylation is 2. The first-order chi connectivity index (χ1) is 16.0. The molecule has 2 amide bonds.